The topological polar surface area (TPSA) is 66.4 Å². The SMILES string of the molecule is O=C(Nc1csc(-c2ccc(Cl)cc2)c1C(=O)O)c1cccc(Br)c1. The molecule has 2 aromatic carbocycles. The van der Waals surface area contributed by atoms with Gasteiger partial charge in [-0.2, -0.15) is 0 Å². The minimum atomic E-state index is -1.10. The number of anilines is 1. The standard InChI is InChI=1S/C18H11BrClNO3S/c19-12-3-1-2-11(8-12)17(22)21-14-9-25-16(15(14)18(23)24)10-4-6-13(20)7-5-10/h1-9H,(H,21,22)(H,23,24). The monoisotopic (exact) mass is 435 g/mol. The van der Waals surface area contributed by atoms with Gasteiger partial charge in [0.05, 0.1) is 10.6 Å². The van der Waals surface area contributed by atoms with E-state index >= 15 is 0 Å². The Morgan fingerprint density at radius 2 is 1.84 bits per heavy atom. The Kier molecular flexibility index (Phi) is 5.22. The first-order valence-corrected chi connectivity index (χ1v) is 9.18. The molecule has 0 saturated heterocycles. The number of carboxylic acids is 1. The largest absolute Gasteiger partial charge is 0.478 e. The molecule has 7 heteroatoms. The third-order valence-corrected chi connectivity index (χ3v) is 5.22. The molecule has 1 heterocycles. The van der Waals surface area contributed by atoms with E-state index in [1.165, 1.54) is 11.3 Å². The minimum Gasteiger partial charge on any atom is -0.478 e. The summed E-state index contributed by atoms with van der Waals surface area (Å²) in [5, 5.41) is 14.5. The molecule has 3 aromatic rings. The normalized spacial score (nSPS) is 10.5. The molecule has 4 nitrogen and oxygen atoms in total. The zero-order valence-electron chi connectivity index (χ0n) is 12.6. The van der Waals surface area contributed by atoms with Gasteiger partial charge in [0.1, 0.15) is 5.56 Å². The quantitative estimate of drug-likeness (QED) is 0.544. The molecule has 25 heavy (non-hydrogen) atoms. The van der Waals surface area contributed by atoms with Gasteiger partial charge >= 0.3 is 5.97 Å². The molecule has 1 amide bonds. The highest BCUT2D eigenvalue weighted by atomic mass is 79.9. The van der Waals surface area contributed by atoms with Gasteiger partial charge in [0.25, 0.3) is 5.91 Å². The second kappa shape index (κ2) is 7.39. The van der Waals surface area contributed by atoms with Gasteiger partial charge in [-0.3, -0.25) is 4.79 Å². The van der Waals surface area contributed by atoms with Crippen molar-refractivity contribution in [1.29, 1.82) is 0 Å². The number of carbonyl (C=O) groups is 2. The van der Waals surface area contributed by atoms with Crippen molar-refractivity contribution in [3.8, 4) is 10.4 Å². The van der Waals surface area contributed by atoms with E-state index in [0.29, 0.717) is 15.5 Å². The zero-order valence-corrected chi connectivity index (χ0v) is 15.8. The number of carboxylic acid groups (broad SMARTS) is 1. The first-order chi connectivity index (χ1) is 12.0. The molecular weight excluding hydrogens is 426 g/mol. The van der Waals surface area contributed by atoms with Crippen LogP contribution >= 0.6 is 38.9 Å². The van der Waals surface area contributed by atoms with Crippen molar-refractivity contribution < 1.29 is 14.7 Å². The van der Waals surface area contributed by atoms with Gasteiger partial charge < -0.3 is 10.4 Å². The van der Waals surface area contributed by atoms with E-state index in [2.05, 4.69) is 21.2 Å². The molecule has 126 valence electrons. The predicted molar refractivity (Wildman–Crippen MR) is 104 cm³/mol. The summed E-state index contributed by atoms with van der Waals surface area (Å²) in [6.07, 6.45) is 0. The van der Waals surface area contributed by atoms with Crippen LogP contribution in [0.15, 0.2) is 58.4 Å². The first kappa shape index (κ1) is 17.7. The molecule has 0 aliphatic heterocycles. The van der Waals surface area contributed by atoms with Gasteiger partial charge in [-0.05, 0) is 35.9 Å². The van der Waals surface area contributed by atoms with E-state index in [0.717, 1.165) is 10.0 Å². The Balaban J connectivity index is 1.96. The van der Waals surface area contributed by atoms with E-state index in [-0.39, 0.29) is 17.2 Å². The molecule has 0 fully saturated rings. The van der Waals surface area contributed by atoms with Crippen molar-refractivity contribution >= 4 is 56.4 Å². The molecule has 0 radical (unpaired) electrons. The lowest BCUT2D eigenvalue weighted by atomic mass is 10.1. The number of hydrogen-bond acceptors (Lipinski definition) is 3. The van der Waals surface area contributed by atoms with Gasteiger partial charge in [-0.1, -0.05) is 45.7 Å². The van der Waals surface area contributed by atoms with E-state index in [4.69, 9.17) is 11.6 Å². The van der Waals surface area contributed by atoms with Crippen molar-refractivity contribution in [2.24, 2.45) is 0 Å². The van der Waals surface area contributed by atoms with E-state index in [1.807, 2.05) is 6.07 Å². The molecule has 0 aliphatic carbocycles. The maximum atomic E-state index is 12.4. The van der Waals surface area contributed by atoms with Gasteiger partial charge in [-0.15, -0.1) is 11.3 Å². The second-order valence-corrected chi connectivity index (χ2v) is 7.36. The highest BCUT2D eigenvalue weighted by Gasteiger charge is 2.21. The molecule has 0 atom stereocenters. The average Bonchev–Trinajstić information content (AvgIpc) is 2.99. The smallest absolute Gasteiger partial charge is 0.339 e. The third kappa shape index (κ3) is 3.92. The van der Waals surface area contributed by atoms with Crippen molar-refractivity contribution in [2.75, 3.05) is 5.32 Å². The number of thiophene rings is 1. The van der Waals surface area contributed by atoms with Crippen LogP contribution in [0.2, 0.25) is 5.02 Å². The maximum absolute atomic E-state index is 12.4. The fraction of sp³-hybridized carbons (Fsp3) is 0. The van der Waals surface area contributed by atoms with E-state index < -0.39 is 5.97 Å². The van der Waals surface area contributed by atoms with E-state index in [9.17, 15) is 14.7 Å². The lowest BCUT2D eigenvalue weighted by Crippen LogP contribution is -2.14. The van der Waals surface area contributed by atoms with Crippen LogP contribution in [0.4, 0.5) is 5.69 Å². The highest BCUT2D eigenvalue weighted by Crippen LogP contribution is 2.36. The van der Waals surface area contributed by atoms with Crippen LogP contribution in [-0.4, -0.2) is 17.0 Å². The Bertz CT molecular complexity index is 953. The van der Waals surface area contributed by atoms with Gasteiger partial charge in [0.2, 0.25) is 0 Å². The fourth-order valence-corrected chi connectivity index (χ4v) is 3.83. The van der Waals surface area contributed by atoms with Crippen LogP contribution in [0.25, 0.3) is 10.4 Å². The molecule has 2 N–H and O–H groups in total. The van der Waals surface area contributed by atoms with Crippen LogP contribution in [-0.2, 0) is 0 Å². The average molecular weight is 437 g/mol. The highest BCUT2D eigenvalue weighted by molar-refractivity contribution is 9.10. The maximum Gasteiger partial charge on any atom is 0.339 e. The summed E-state index contributed by atoms with van der Waals surface area (Å²) >= 11 is 10.4. The summed E-state index contributed by atoms with van der Waals surface area (Å²) in [7, 11) is 0. The number of halogens is 2. The number of hydrogen-bond donors (Lipinski definition) is 2. The number of carbonyl (C=O) groups excluding carboxylic acids is 1. The third-order valence-electron chi connectivity index (χ3n) is 3.45. The molecule has 1 aromatic heterocycles. The molecular formula is C18H11BrClNO3S. The van der Waals surface area contributed by atoms with Gasteiger partial charge in [0.15, 0.2) is 0 Å². The van der Waals surface area contributed by atoms with Crippen LogP contribution in [0, 0.1) is 0 Å². The van der Waals surface area contributed by atoms with Crippen molar-refractivity contribution in [1.82, 2.24) is 0 Å². The number of amides is 1. The molecule has 0 unspecified atom stereocenters. The Morgan fingerprint density at radius 3 is 2.48 bits per heavy atom. The summed E-state index contributed by atoms with van der Waals surface area (Å²) < 4.78 is 0.769. The lowest BCUT2D eigenvalue weighted by Gasteiger charge is -2.07. The molecule has 0 aliphatic rings. The zero-order chi connectivity index (χ0) is 18.0. The summed E-state index contributed by atoms with van der Waals surface area (Å²) in [4.78, 5) is 24.7. The van der Waals surface area contributed by atoms with Gasteiger partial charge in [-0.25, -0.2) is 4.79 Å². The van der Waals surface area contributed by atoms with Crippen LogP contribution in [0.1, 0.15) is 20.7 Å². The summed E-state index contributed by atoms with van der Waals surface area (Å²) in [5.74, 6) is -1.47. The van der Waals surface area contributed by atoms with Crippen molar-refractivity contribution in [3.05, 3.63) is 74.5 Å². The lowest BCUT2D eigenvalue weighted by molar-refractivity contribution is 0.0699. The van der Waals surface area contributed by atoms with Crippen LogP contribution < -0.4 is 5.32 Å². The number of aromatic carboxylic acids is 1. The molecule has 3 rings (SSSR count). The van der Waals surface area contributed by atoms with Crippen molar-refractivity contribution in [3.63, 3.8) is 0 Å². The summed E-state index contributed by atoms with van der Waals surface area (Å²) in [6, 6.07) is 13.8. The minimum absolute atomic E-state index is 0.0654. The van der Waals surface area contributed by atoms with E-state index in [1.54, 1.807) is 47.8 Å². The van der Waals surface area contributed by atoms with Crippen molar-refractivity contribution in [2.45, 2.75) is 0 Å². The van der Waals surface area contributed by atoms with Crippen LogP contribution in [0.3, 0.4) is 0 Å². The Morgan fingerprint density at radius 1 is 1.12 bits per heavy atom. The number of nitrogens with one attached hydrogen (secondary N) is 1. The Labute approximate surface area is 161 Å². The number of rotatable bonds is 4. The second-order valence-electron chi connectivity index (χ2n) is 5.13. The summed E-state index contributed by atoms with van der Waals surface area (Å²) in [5.41, 5.74) is 1.50. The predicted octanol–water partition coefficient (Wildman–Crippen LogP) is 5.78. The fourth-order valence-electron chi connectivity index (χ4n) is 2.30. The summed E-state index contributed by atoms with van der Waals surface area (Å²) in [6.45, 7) is 0. The van der Waals surface area contributed by atoms with Crippen LogP contribution in [0.5, 0.6) is 0 Å². The van der Waals surface area contributed by atoms with Gasteiger partial charge in [0, 0.05) is 20.4 Å². The first-order valence-electron chi connectivity index (χ1n) is 7.13. The molecule has 0 saturated carbocycles. The molecule has 0 bridgehead atoms. The number of benzene rings is 2. The Hall–Kier alpha value is -2.15. The molecule has 0 spiro atoms.